The van der Waals surface area contributed by atoms with Crippen LogP contribution < -0.4 is 0 Å². The quantitative estimate of drug-likeness (QED) is 0.744. The van der Waals surface area contributed by atoms with Gasteiger partial charge in [-0.3, -0.25) is 14.6 Å². The summed E-state index contributed by atoms with van der Waals surface area (Å²) in [7, 11) is 3.61. The van der Waals surface area contributed by atoms with Crippen molar-refractivity contribution in [3.8, 4) is 11.1 Å². The van der Waals surface area contributed by atoms with Crippen molar-refractivity contribution in [1.29, 1.82) is 0 Å². The number of rotatable bonds is 5. The van der Waals surface area contributed by atoms with Crippen LogP contribution in [0.3, 0.4) is 0 Å². The van der Waals surface area contributed by atoms with Crippen LogP contribution in [-0.4, -0.2) is 66.5 Å². The second-order valence-corrected chi connectivity index (χ2v) is 8.95. The summed E-state index contributed by atoms with van der Waals surface area (Å²) in [6, 6.07) is 12.4. The Morgan fingerprint density at radius 2 is 1.81 bits per heavy atom. The fraction of sp³-hybridized carbons (Fsp3) is 0.480. The summed E-state index contributed by atoms with van der Waals surface area (Å²) in [6.45, 7) is 1.80. The first-order valence-corrected chi connectivity index (χ1v) is 11.1. The van der Waals surface area contributed by atoms with Gasteiger partial charge < -0.3 is 14.5 Å². The van der Waals surface area contributed by atoms with E-state index in [-0.39, 0.29) is 17.9 Å². The average Bonchev–Trinajstić information content (AvgIpc) is 3.34. The van der Waals surface area contributed by atoms with Gasteiger partial charge in [-0.05, 0) is 60.9 Å². The Morgan fingerprint density at radius 3 is 2.45 bits per heavy atom. The first-order valence-electron chi connectivity index (χ1n) is 11.1. The molecule has 0 unspecified atom stereocenters. The molecule has 2 atom stereocenters. The fourth-order valence-electron chi connectivity index (χ4n) is 4.91. The molecule has 6 heteroatoms. The maximum Gasteiger partial charge on any atom is 0.251 e. The monoisotopic (exact) mass is 421 g/mol. The highest BCUT2D eigenvalue weighted by atomic mass is 16.5. The molecule has 2 saturated heterocycles. The summed E-state index contributed by atoms with van der Waals surface area (Å²) in [4.78, 5) is 34.0. The standard InChI is InChI=1S/C25H31N3O3/c1-27(2)24(30)25(12-4-15-28(18-25)23(29)22-5-3-16-31-22)17-19-6-8-20(9-7-19)21-10-13-26-14-11-21/h6-11,13-14,22H,3-5,12,15-18H2,1-2H3/t22-,25+/m1/s1. The van der Waals surface area contributed by atoms with Crippen LogP contribution in [0.4, 0.5) is 0 Å². The molecule has 0 radical (unpaired) electrons. The maximum absolute atomic E-state index is 13.4. The Balaban J connectivity index is 1.56. The number of piperidine rings is 1. The number of hydrogen-bond donors (Lipinski definition) is 0. The Morgan fingerprint density at radius 1 is 1.10 bits per heavy atom. The number of aromatic nitrogens is 1. The van der Waals surface area contributed by atoms with E-state index in [2.05, 4.69) is 29.2 Å². The van der Waals surface area contributed by atoms with E-state index in [0.717, 1.165) is 42.4 Å². The van der Waals surface area contributed by atoms with Crippen LogP contribution in [0, 0.1) is 5.41 Å². The lowest BCUT2D eigenvalue weighted by Crippen LogP contribution is -2.55. The minimum Gasteiger partial charge on any atom is -0.368 e. The third-order valence-electron chi connectivity index (χ3n) is 6.46. The van der Waals surface area contributed by atoms with Gasteiger partial charge in [-0.1, -0.05) is 24.3 Å². The first kappa shape index (κ1) is 21.5. The smallest absolute Gasteiger partial charge is 0.251 e. The fourth-order valence-corrected chi connectivity index (χ4v) is 4.91. The average molecular weight is 422 g/mol. The molecule has 2 fully saturated rings. The predicted octanol–water partition coefficient (Wildman–Crippen LogP) is 3.17. The maximum atomic E-state index is 13.4. The molecule has 1 aromatic carbocycles. The van der Waals surface area contributed by atoms with Gasteiger partial charge in [0.1, 0.15) is 6.10 Å². The van der Waals surface area contributed by atoms with E-state index in [4.69, 9.17) is 4.74 Å². The zero-order chi connectivity index (χ0) is 21.8. The predicted molar refractivity (Wildman–Crippen MR) is 119 cm³/mol. The van der Waals surface area contributed by atoms with Gasteiger partial charge >= 0.3 is 0 Å². The van der Waals surface area contributed by atoms with Crippen LogP contribution in [0.2, 0.25) is 0 Å². The van der Waals surface area contributed by atoms with Crippen LogP contribution in [-0.2, 0) is 20.7 Å². The molecule has 2 aromatic rings. The minimum absolute atomic E-state index is 0.0427. The molecule has 164 valence electrons. The zero-order valence-corrected chi connectivity index (χ0v) is 18.4. The molecule has 0 aliphatic carbocycles. The van der Waals surface area contributed by atoms with E-state index in [1.807, 2.05) is 17.0 Å². The zero-order valence-electron chi connectivity index (χ0n) is 18.4. The van der Waals surface area contributed by atoms with Crippen molar-refractivity contribution < 1.29 is 14.3 Å². The van der Waals surface area contributed by atoms with Crippen molar-refractivity contribution in [3.63, 3.8) is 0 Å². The SMILES string of the molecule is CN(C)C(=O)[C@]1(Cc2ccc(-c3ccncc3)cc2)CCCN(C(=O)[C@H]2CCCO2)C1. The Hall–Kier alpha value is -2.73. The minimum atomic E-state index is -0.603. The van der Waals surface area contributed by atoms with Crippen LogP contribution in [0.25, 0.3) is 11.1 Å². The van der Waals surface area contributed by atoms with Gasteiger partial charge in [0.2, 0.25) is 5.91 Å². The van der Waals surface area contributed by atoms with Crippen LogP contribution in [0.5, 0.6) is 0 Å². The third kappa shape index (κ3) is 4.64. The van der Waals surface area contributed by atoms with Crippen molar-refractivity contribution in [2.75, 3.05) is 33.8 Å². The third-order valence-corrected chi connectivity index (χ3v) is 6.46. The molecule has 0 saturated carbocycles. The molecule has 2 aliphatic rings. The van der Waals surface area contributed by atoms with Crippen molar-refractivity contribution >= 4 is 11.8 Å². The highest BCUT2D eigenvalue weighted by Gasteiger charge is 2.45. The van der Waals surface area contributed by atoms with E-state index in [1.54, 1.807) is 31.4 Å². The molecule has 3 heterocycles. The number of amides is 2. The molecule has 2 aliphatic heterocycles. The number of likely N-dealkylation sites (tertiary alicyclic amines) is 1. The normalized spacial score (nSPS) is 23.5. The highest BCUT2D eigenvalue weighted by molar-refractivity contribution is 5.86. The lowest BCUT2D eigenvalue weighted by atomic mass is 9.73. The van der Waals surface area contributed by atoms with Gasteiger partial charge in [-0.15, -0.1) is 0 Å². The molecule has 31 heavy (non-hydrogen) atoms. The van der Waals surface area contributed by atoms with Crippen molar-refractivity contribution in [2.45, 2.75) is 38.2 Å². The number of ether oxygens (including phenoxy) is 1. The highest BCUT2D eigenvalue weighted by Crippen LogP contribution is 2.36. The Bertz CT molecular complexity index is 907. The van der Waals surface area contributed by atoms with E-state index in [0.29, 0.717) is 26.1 Å². The summed E-state index contributed by atoms with van der Waals surface area (Å²) < 4.78 is 5.63. The summed E-state index contributed by atoms with van der Waals surface area (Å²) in [5, 5.41) is 0. The van der Waals surface area contributed by atoms with Gasteiger partial charge in [0.25, 0.3) is 5.91 Å². The molecule has 6 nitrogen and oxygen atoms in total. The number of benzene rings is 1. The number of pyridine rings is 1. The number of nitrogens with zero attached hydrogens (tertiary/aromatic N) is 3. The van der Waals surface area contributed by atoms with E-state index in [1.165, 1.54) is 0 Å². The molecule has 4 rings (SSSR count). The van der Waals surface area contributed by atoms with Crippen LogP contribution in [0.15, 0.2) is 48.8 Å². The van der Waals surface area contributed by atoms with Crippen LogP contribution >= 0.6 is 0 Å². The lowest BCUT2D eigenvalue weighted by Gasteiger charge is -2.43. The molecular formula is C25H31N3O3. The van der Waals surface area contributed by atoms with Crippen LogP contribution in [0.1, 0.15) is 31.2 Å². The summed E-state index contributed by atoms with van der Waals surface area (Å²) in [6.07, 6.45) is 7.17. The first-order chi connectivity index (χ1) is 15.0. The summed E-state index contributed by atoms with van der Waals surface area (Å²) in [5.41, 5.74) is 2.75. The second-order valence-electron chi connectivity index (χ2n) is 8.95. The Kier molecular flexibility index (Phi) is 6.37. The number of hydrogen-bond acceptors (Lipinski definition) is 4. The Labute approximate surface area is 184 Å². The lowest BCUT2D eigenvalue weighted by molar-refractivity contribution is -0.151. The van der Waals surface area contributed by atoms with Gasteiger partial charge in [0.05, 0.1) is 5.41 Å². The van der Waals surface area contributed by atoms with Crippen molar-refractivity contribution in [1.82, 2.24) is 14.8 Å². The topological polar surface area (TPSA) is 62.7 Å². The van der Waals surface area contributed by atoms with E-state index in [9.17, 15) is 9.59 Å². The summed E-state index contributed by atoms with van der Waals surface area (Å²) in [5.74, 6) is 0.136. The molecule has 0 spiro atoms. The van der Waals surface area contributed by atoms with Gasteiger partial charge in [0, 0.05) is 46.2 Å². The van der Waals surface area contributed by atoms with Gasteiger partial charge in [0.15, 0.2) is 0 Å². The molecule has 0 N–H and O–H groups in total. The van der Waals surface area contributed by atoms with Crippen molar-refractivity contribution in [2.24, 2.45) is 5.41 Å². The van der Waals surface area contributed by atoms with Gasteiger partial charge in [-0.25, -0.2) is 0 Å². The summed E-state index contributed by atoms with van der Waals surface area (Å²) >= 11 is 0. The number of carbonyl (C=O) groups excluding carboxylic acids is 2. The largest absolute Gasteiger partial charge is 0.368 e. The van der Waals surface area contributed by atoms with Crippen molar-refractivity contribution in [3.05, 3.63) is 54.4 Å². The molecule has 1 aromatic heterocycles. The molecular weight excluding hydrogens is 390 g/mol. The molecule has 2 amide bonds. The van der Waals surface area contributed by atoms with E-state index < -0.39 is 5.41 Å². The molecule has 0 bridgehead atoms. The van der Waals surface area contributed by atoms with E-state index >= 15 is 0 Å². The van der Waals surface area contributed by atoms with Gasteiger partial charge in [-0.2, -0.15) is 0 Å². The number of carbonyl (C=O) groups is 2. The second kappa shape index (κ2) is 9.18.